The van der Waals surface area contributed by atoms with Crippen molar-refractivity contribution in [1.82, 2.24) is 4.90 Å². The minimum atomic E-state index is 0.799. The fourth-order valence-corrected chi connectivity index (χ4v) is 3.69. The van der Waals surface area contributed by atoms with Gasteiger partial charge in [-0.05, 0) is 62.6 Å². The van der Waals surface area contributed by atoms with Gasteiger partial charge in [0.15, 0.2) is 0 Å². The van der Waals surface area contributed by atoms with Crippen LogP contribution in [0.15, 0.2) is 0 Å². The van der Waals surface area contributed by atoms with Gasteiger partial charge in [-0.25, -0.2) is 0 Å². The molecule has 1 aliphatic carbocycles. The first-order valence-corrected chi connectivity index (χ1v) is 7.36. The second kappa shape index (κ2) is 5.08. The van der Waals surface area contributed by atoms with E-state index in [1.165, 1.54) is 45.3 Å². The molecule has 2 rings (SSSR count). The van der Waals surface area contributed by atoms with Gasteiger partial charge in [0.05, 0.1) is 0 Å². The average molecular weight is 223 g/mol. The average Bonchev–Trinajstić information content (AvgIpc) is 2.24. The van der Waals surface area contributed by atoms with E-state index >= 15 is 0 Å². The zero-order valence-corrected chi connectivity index (χ0v) is 11.5. The van der Waals surface area contributed by atoms with Crippen LogP contribution in [0.3, 0.4) is 0 Å². The summed E-state index contributed by atoms with van der Waals surface area (Å²) in [7, 11) is 0. The molecule has 0 bridgehead atoms. The quantitative estimate of drug-likeness (QED) is 0.698. The van der Waals surface area contributed by atoms with Crippen molar-refractivity contribution in [2.75, 3.05) is 19.6 Å². The number of likely N-dealkylation sites (tertiary alicyclic amines) is 1. The van der Waals surface area contributed by atoms with Crippen molar-refractivity contribution < 1.29 is 0 Å². The summed E-state index contributed by atoms with van der Waals surface area (Å²) in [6.45, 7) is 11.0. The molecule has 1 aliphatic heterocycles. The van der Waals surface area contributed by atoms with Crippen LogP contribution < -0.4 is 0 Å². The summed E-state index contributed by atoms with van der Waals surface area (Å²) in [6.07, 6.45) is 9.02. The van der Waals surface area contributed by atoms with E-state index in [0.717, 1.165) is 17.3 Å². The van der Waals surface area contributed by atoms with E-state index in [9.17, 15) is 0 Å². The molecule has 2 aliphatic rings. The summed E-state index contributed by atoms with van der Waals surface area (Å²) in [5, 5.41) is 0. The van der Waals surface area contributed by atoms with Gasteiger partial charge in [-0.1, -0.05) is 33.6 Å². The standard InChI is InChI=1S/C15H29N/c1-4-16-9-7-15(8-10-16)11-14(12-15)6-5-13(2)3/h13-14H,4-12H2,1-3H3. The van der Waals surface area contributed by atoms with Crippen molar-refractivity contribution in [3.05, 3.63) is 0 Å². The van der Waals surface area contributed by atoms with Crippen LogP contribution in [0.2, 0.25) is 0 Å². The highest BCUT2D eigenvalue weighted by Gasteiger charge is 2.44. The lowest BCUT2D eigenvalue weighted by atomic mass is 9.56. The van der Waals surface area contributed by atoms with Crippen molar-refractivity contribution >= 4 is 0 Å². The summed E-state index contributed by atoms with van der Waals surface area (Å²) in [5.41, 5.74) is 0.799. The molecule has 0 atom stereocenters. The van der Waals surface area contributed by atoms with Crippen LogP contribution in [-0.2, 0) is 0 Å². The van der Waals surface area contributed by atoms with Gasteiger partial charge < -0.3 is 4.90 Å². The van der Waals surface area contributed by atoms with E-state index in [4.69, 9.17) is 0 Å². The third kappa shape index (κ3) is 2.80. The fraction of sp³-hybridized carbons (Fsp3) is 1.00. The van der Waals surface area contributed by atoms with Gasteiger partial charge in [-0.2, -0.15) is 0 Å². The molecule has 1 spiro atoms. The van der Waals surface area contributed by atoms with Gasteiger partial charge in [0.1, 0.15) is 0 Å². The van der Waals surface area contributed by atoms with Crippen molar-refractivity contribution in [1.29, 1.82) is 0 Å². The van der Waals surface area contributed by atoms with E-state index in [-0.39, 0.29) is 0 Å². The third-order valence-electron chi connectivity index (χ3n) is 4.96. The summed E-state index contributed by atoms with van der Waals surface area (Å²) in [5.74, 6) is 1.98. The van der Waals surface area contributed by atoms with Crippen LogP contribution in [0.4, 0.5) is 0 Å². The summed E-state index contributed by atoms with van der Waals surface area (Å²) in [4.78, 5) is 2.62. The smallest absolute Gasteiger partial charge is 0.00135 e. The zero-order valence-electron chi connectivity index (χ0n) is 11.5. The SMILES string of the molecule is CCN1CCC2(CC1)CC(CCC(C)C)C2. The van der Waals surface area contributed by atoms with Gasteiger partial charge in [0, 0.05) is 0 Å². The molecule has 16 heavy (non-hydrogen) atoms. The molecule has 0 radical (unpaired) electrons. The predicted octanol–water partition coefficient (Wildman–Crippen LogP) is 3.93. The Bertz CT molecular complexity index is 205. The first-order chi connectivity index (χ1) is 7.63. The van der Waals surface area contributed by atoms with Gasteiger partial charge in [-0.3, -0.25) is 0 Å². The van der Waals surface area contributed by atoms with E-state index in [2.05, 4.69) is 25.7 Å². The van der Waals surface area contributed by atoms with E-state index in [1.54, 1.807) is 12.8 Å². The van der Waals surface area contributed by atoms with Gasteiger partial charge in [0.2, 0.25) is 0 Å². The minimum Gasteiger partial charge on any atom is -0.304 e. The lowest BCUT2D eigenvalue weighted by molar-refractivity contribution is -0.0165. The van der Waals surface area contributed by atoms with E-state index in [0.29, 0.717) is 0 Å². The van der Waals surface area contributed by atoms with Crippen LogP contribution in [0.25, 0.3) is 0 Å². The van der Waals surface area contributed by atoms with E-state index < -0.39 is 0 Å². The fourth-order valence-electron chi connectivity index (χ4n) is 3.69. The molecule has 0 aromatic heterocycles. The predicted molar refractivity (Wildman–Crippen MR) is 70.6 cm³/mol. The number of nitrogens with zero attached hydrogens (tertiary/aromatic N) is 1. The maximum absolute atomic E-state index is 2.62. The monoisotopic (exact) mass is 223 g/mol. The number of piperidine rings is 1. The molecular formula is C15H29N. The molecule has 0 N–H and O–H groups in total. The minimum absolute atomic E-state index is 0.799. The second-order valence-electron chi connectivity index (χ2n) is 6.68. The summed E-state index contributed by atoms with van der Waals surface area (Å²) in [6, 6.07) is 0. The van der Waals surface area contributed by atoms with Crippen molar-refractivity contribution in [2.24, 2.45) is 17.3 Å². The second-order valence-corrected chi connectivity index (χ2v) is 6.68. The van der Waals surface area contributed by atoms with Crippen LogP contribution >= 0.6 is 0 Å². The molecule has 0 aromatic carbocycles. The zero-order chi connectivity index (χ0) is 11.6. The molecule has 1 saturated carbocycles. The topological polar surface area (TPSA) is 3.24 Å². The first kappa shape index (κ1) is 12.4. The molecule has 1 heteroatoms. The summed E-state index contributed by atoms with van der Waals surface area (Å²) >= 11 is 0. The van der Waals surface area contributed by atoms with E-state index in [1.807, 2.05) is 0 Å². The van der Waals surface area contributed by atoms with Crippen LogP contribution in [-0.4, -0.2) is 24.5 Å². The largest absolute Gasteiger partial charge is 0.304 e. The molecular weight excluding hydrogens is 194 g/mol. The molecule has 1 heterocycles. The van der Waals surface area contributed by atoms with Gasteiger partial charge >= 0.3 is 0 Å². The number of rotatable bonds is 4. The van der Waals surface area contributed by atoms with Crippen LogP contribution in [0.1, 0.15) is 59.3 Å². The Morgan fingerprint density at radius 3 is 2.31 bits per heavy atom. The Labute approximate surface area is 102 Å². The maximum Gasteiger partial charge on any atom is -0.00135 e. The highest BCUT2D eigenvalue weighted by Crippen LogP contribution is 2.54. The van der Waals surface area contributed by atoms with Crippen molar-refractivity contribution in [3.63, 3.8) is 0 Å². The normalized spacial score (nSPS) is 26.2. The third-order valence-corrected chi connectivity index (χ3v) is 4.96. The summed E-state index contributed by atoms with van der Waals surface area (Å²) < 4.78 is 0. The Morgan fingerprint density at radius 2 is 1.81 bits per heavy atom. The molecule has 0 aromatic rings. The van der Waals surface area contributed by atoms with Crippen molar-refractivity contribution in [3.8, 4) is 0 Å². The molecule has 1 saturated heterocycles. The molecule has 1 nitrogen and oxygen atoms in total. The molecule has 2 fully saturated rings. The van der Waals surface area contributed by atoms with Gasteiger partial charge in [0.25, 0.3) is 0 Å². The number of hydrogen-bond donors (Lipinski definition) is 0. The molecule has 0 unspecified atom stereocenters. The first-order valence-electron chi connectivity index (χ1n) is 7.36. The maximum atomic E-state index is 2.62. The Hall–Kier alpha value is -0.0400. The molecule has 0 amide bonds. The van der Waals surface area contributed by atoms with Crippen LogP contribution in [0, 0.1) is 17.3 Å². The number of hydrogen-bond acceptors (Lipinski definition) is 1. The highest BCUT2D eigenvalue weighted by atomic mass is 15.1. The molecule has 94 valence electrons. The Kier molecular flexibility index (Phi) is 3.94. The lowest BCUT2D eigenvalue weighted by Crippen LogP contribution is -2.47. The Balaban J connectivity index is 1.67. The van der Waals surface area contributed by atoms with Crippen molar-refractivity contribution in [2.45, 2.75) is 59.3 Å². The lowest BCUT2D eigenvalue weighted by Gasteiger charge is -2.52. The van der Waals surface area contributed by atoms with Crippen LogP contribution in [0.5, 0.6) is 0 Å². The highest BCUT2D eigenvalue weighted by molar-refractivity contribution is 4.96. The Morgan fingerprint density at radius 1 is 1.19 bits per heavy atom. The van der Waals surface area contributed by atoms with Gasteiger partial charge in [-0.15, -0.1) is 0 Å².